The van der Waals surface area contributed by atoms with Gasteiger partial charge in [0.2, 0.25) is 10.0 Å². The Kier molecular flexibility index (Phi) is 6.22. The Morgan fingerprint density at radius 2 is 2.05 bits per heavy atom. The average molecular weight is 304 g/mol. The van der Waals surface area contributed by atoms with E-state index < -0.39 is 15.8 Å². The number of rotatable bonds is 8. The van der Waals surface area contributed by atoms with Gasteiger partial charge in [0.25, 0.3) is 0 Å². The molecule has 1 aromatic rings. The highest BCUT2D eigenvalue weighted by Gasteiger charge is 2.13. The van der Waals surface area contributed by atoms with Crippen LogP contribution in [0.15, 0.2) is 18.2 Å². The summed E-state index contributed by atoms with van der Waals surface area (Å²) in [6.07, 6.45) is 0.497. The third kappa shape index (κ3) is 5.75. The molecule has 0 fully saturated rings. The number of hydrogen-bond donors (Lipinski definition) is 2. The maximum atomic E-state index is 13.0. The minimum Gasteiger partial charge on any atom is -0.494 e. The molecule has 0 aromatic heterocycles. The predicted molar refractivity (Wildman–Crippen MR) is 78.1 cm³/mol. The zero-order valence-corrected chi connectivity index (χ0v) is 12.8. The van der Waals surface area contributed by atoms with Gasteiger partial charge in [-0.3, -0.25) is 4.72 Å². The van der Waals surface area contributed by atoms with E-state index in [-0.39, 0.29) is 17.2 Å². The van der Waals surface area contributed by atoms with E-state index in [1.807, 2.05) is 13.8 Å². The molecule has 20 heavy (non-hydrogen) atoms. The summed E-state index contributed by atoms with van der Waals surface area (Å²) in [7, 11) is -2.11. The summed E-state index contributed by atoms with van der Waals surface area (Å²) in [6.45, 7) is 4.62. The zero-order valence-electron chi connectivity index (χ0n) is 11.9. The van der Waals surface area contributed by atoms with Gasteiger partial charge in [0, 0.05) is 12.1 Å². The lowest BCUT2D eigenvalue weighted by molar-refractivity contribution is 0.413. The van der Waals surface area contributed by atoms with Crippen molar-refractivity contribution in [1.82, 2.24) is 5.32 Å². The molecule has 0 bridgehead atoms. The van der Waals surface area contributed by atoms with Crippen LogP contribution in [0.4, 0.5) is 10.1 Å². The summed E-state index contributed by atoms with van der Waals surface area (Å²) in [4.78, 5) is 0. The number of nitrogens with one attached hydrogen (secondary N) is 2. The Hall–Kier alpha value is -1.34. The molecule has 0 radical (unpaired) electrons. The number of benzene rings is 1. The van der Waals surface area contributed by atoms with E-state index in [1.165, 1.54) is 19.2 Å². The average Bonchev–Trinajstić information content (AvgIpc) is 2.36. The van der Waals surface area contributed by atoms with Crippen LogP contribution in [0.25, 0.3) is 0 Å². The van der Waals surface area contributed by atoms with Crippen molar-refractivity contribution >= 4 is 15.7 Å². The highest BCUT2D eigenvalue weighted by molar-refractivity contribution is 7.92. The molecular formula is C13H21FN2O3S. The molecule has 7 heteroatoms. The summed E-state index contributed by atoms with van der Waals surface area (Å²) in [6, 6.07) is 3.99. The first kappa shape index (κ1) is 16.7. The van der Waals surface area contributed by atoms with Gasteiger partial charge < -0.3 is 10.1 Å². The van der Waals surface area contributed by atoms with E-state index in [0.717, 1.165) is 6.07 Å². The molecule has 5 nitrogen and oxygen atoms in total. The van der Waals surface area contributed by atoms with Crippen molar-refractivity contribution in [3.05, 3.63) is 24.0 Å². The van der Waals surface area contributed by atoms with E-state index in [1.54, 1.807) is 0 Å². The second-order valence-corrected chi connectivity index (χ2v) is 6.57. The van der Waals surface area contributed by atoms with Crippen molar-refractivity contribution in [3.63, 3.8) is 0 Å². The molecule has 2 N–H and O–H groups in total. The molecule has 0 aliphatic carbocycles. The second-order valence-electron chi connectivity index (χ2n) is 4.73. The molecular weight excluding hydrogens is 283 g/mol. The predicted octanol–water partition coefficient (Wildman–Crippen LogP) is 1.96. The molecule has 0 unspecified atom stereocenters. The van der Waals surface area contributed by atoms with Crippen LogP contribution in [0.2, 0.25) is 0 Å². The summed E-state index contributed by atoms with van der Waals surface area (Å²) < 4.78 is 44.2. The van der Waals surface area contributed by atoms with E-state index >= 15 is 0 Å². The monoisotopic (exact) mass is 304 g/mol. The van der Waals surface area contributed by atoms with E-state index in [2.05, 4.69) is 10.0 Å². The van der Waals surface area contributed by atoms with Crippen LogP contribution in [0.1, 0.15) is 20.3 Å². The molecule has 0 atom stereocenters. The first-order valence-corrected chi connectivity index (χ1v) is 8.06. The quantitative estimate of drug-likeness (QED) is 0.721. The van der Waals surface area contributed by atoms with Crippen molar-refractivity contribution in [2.45, 2.75) is 26.3 Å². The molecule has 0 heterocycles. The van der Waals surface area contributed by atoms with Gasteiger partial charge in [-0.25, -0.2) is 12.8 Å². The smallest absolute Gasteiger partial charge is 0.232 e. The molecule has 0 aliphatic heterocycles. The number of sulfonamides is 1. The van der Waals surface area contributed by atoms with Gasteiger partial charge in [-0.2, -0.15) is 0 Å². The first-order chi connectivity index (χ1) is 9.34. The molecule has 0 saturated heterocycles. The number of halogens is 1. The van der Waals surface area contributed by atoms with E-state index in [9.17, 15) is 12.8 Å². The third-order valence-electron chi connectivity index (χ3n) is 2.57. The Balaban J connectivity index is 2.62. The zero-order chi connectivity index (χ0) is 15.2. The third-order valence-corrected chi connectivity index (χ3v) is 3.93. The minimum absolute atomic E-state index is 0.00670. The van der Waals surface area contributed by atoms with Gasteiger partial charge in [0.15, 0.2) is 0 Å². The second kappa shape index (κ2) is 7.44. The van der Waals surface area contributed by atoms with Gasteiger partial charge >= 0.3 is 0 Å². The fraction of sp³-hybridized carbons (Fsp3) is 0.538. The Morgan fingerprint density at radius 1 is 1.35 bits per heavy atom. The van der Waals surface area contributed by atoms with Gasteiger partial charge in [-0.1, -0.05) is 13.8 Å². The molecule has 114 valence electrons. The molecule has 1 rings (SSSR count). The van der Waals surface area contributed by atoms with Crippen molar-refractivity contribution in [3.8, 4) is 5.75 Å². The van der Waals surface area contributed by atoms with Crippen LogP contribution >= 0.6 is 0 Å². The van der Waals surface area contributed by atoms with Gasteiger partial charge in [-0.05, 0) is 25.1 Å². The van der Waals surface area contributed by atoms with Gasteiger partial charge in [0.1, 0.15) is 11.6 Å². The van der Waals surface area contributed by atoms with Crippen LogP contribution < -0.4 is 14.8 Å². The van der Waals surface area contributed by atoms with Gasteiger partial charge in [-0.15, -0.1) is 0 Å². The summed E-state index contributed by atoms with van der Waals surface area (Å²) in [5, 5.41) is 3.15. The SMILES string of the molecule is COc1cc(F)ccc1NS(=O)(=O)CCCNC(C)C. The topological polar surface area (TPSA) is 67.4 Å². The largest absolute Gasteiger partial charge is 0.494 e. The lowest BCUT2D eigenvalue weighted by Crippen LogP contribution is -2.26. The van der Waals surface area contributed by atoms with Crippen LogP contribution in [-0.4, -0.2) is 33.9 Å². The van der Waals surface area contributed by atoms with E-state index in [4.69, 9.17) is 4.74 Å². The first-order valence-electron chi connectivity index (χ1n) is 6.41. The van der Waals surface area contributed by atoms with Crippen molar-refractivity contribution < 1.29 is 17.5 Å². The highest BCUT2D eigenvalue weighted by Crippen LogP contribution is 2.25. The molecule has 0 spiro atoms. The normalized spacial score (nSPS) is 11.7. The molecule has 1 aromatic carbocycles. The lowest BCUT2D eigenvalue weighted by Gasteiger charge is -2.12. The Bertz CT molecular complexity index is 532. The van der Waals surface area contributed by atoms with Crippen molar-refractivity contribution in [2.75, 3.05) is 24.1 Å². The summed E-state index contributed by atoms with van der Waals surface area (Å²) in [5.41, 5.74) is 0.241. The number of methoxy groups -OCH3 is 1. The molecule has 0 aliphatic rings. The fourth-order valence-electron chi connectivity index (χ4n) is 1.62. The van der Waals surface area contributed by atoms with Gasteiger partial charge in [0.05, 0.1) is 18.6 Å². The summed E-state index contributed by atoms with van der Waals surface area (Å²) >= 11 is 0. The van der Waals surface area contributed by atoms with Crippen molar-refractivity contribution in [2.24, 2.45) is 0 Å². The standard InChI is InChI=1S/C13H21FN2O3S/c1-10(2)15-7-4-8-20(17,18)16-12-6-5-11(14)9-13(12)19-3/h5-6,9-10,15-16H,4,7-8H2,1-3H3. The van der Waals surface area contributed by atoms with Crippen LogP contribution in [0.5, 0.6) is 5.75 Å². The Morgan fingerprint density at radius 3 is 2.65 bits per heavy atom. The van der Waals surface area contributed by atoms with Crippen LogP contribution in [-0.2, 0) is 10.0 Å². The van der Waals surface area contributed by atoms with E-state index in [0.29, 0.717) is 19.0 Å². The molecule has 0 saturated carbocycles. The number of anilines is 1. The van der Waals surface area contributed by atoms with Crippen molar-refractivity contribution in [1.29, 1.82) is 0 Å². The van der Waals surface area contributed by atoms with Crippen LogP contribution in [0.3, 0.4) is 0 Å². The maximum absolute atomic E-state index is 13.0. The fourth-order valence-corrected chi connectivity index (χ4v) is 2.75. The maximum Gasteiger partial charge on any atom is 0.232 e. The Labute approximate surface area is 119 Å². The lowest BCUT2D eigenvalue weighted by atomic mass is 10.3. The summed E-state index contributed by atoms with van der Waals surface area (Å²) in [5.74, 6) is -0.326. The highest BCUT2D eigenvalue weighted by atomic mass is 32.2. The number of ether oxygens (including phenoxy) is 1. The number of hydrogen-bond acceptors (Lipinski definition) is 4. The molecule has 0 amide bonds. The van der Waals surface area contributed by atoms with Crippen LogP contribution in [0, 0.1) is 5.82 Å². The minimum atomic E-state index is -3.47.